The third kappa shape index (κ3) is 9.16. The van der Waals surface area contributed by atoms with Crippen LogP contribution in [0.1, 0.15) is 26.3 Å². The summed E-state index contributed by atoms with van der Waals surface area (Å²) in [5.41, 5.74) is 9.80. The van der Waals surface area contributed by atoms with Crippen LogP contribution < -0.4 is 5.32 Å². The van der Waals surface area contributed by atoms with E-state index in [2.05, 4.69) is 15.3 Å². The van der Waals surface area contributed by atoms with Gasteiger partial charge in [-0.25, -0.2) is 0 Å². The average Bonchev–Trinajstić information content (AvgIpc) is 2.66. The molecule has 0 saturated carbocycles. The van der Waals surface area contributed by atoms with Crippen LogP contribution in [-0.4, -0.2) is 66.3 Å². The Bertz CT molecular complexity index is 622. The summed E-state index contributed by atoms with van der Waals surface area (Å²) in [5, 5.41) is 25.1. The minimum absolute atomic E-state index is 0.0241. The van der Waals surface area contributed by atoms with Crippen LogP contribution in [0, 0.1) is 0 Å². The predicted octanol–water partition coefficient (Wildman–Crippen LogP) is 1.58. The van der Waals surface area contributed by atoms with Crippen LogP contribution >= 0.6 is 0 Å². The smallest absolute Gasteiger partial charge is 0.249 e. The van der Waals surface area contributed by atoms with Gasteiger partial charge in [0.2, 0.25) is 5.91 Å². The topological polar surface area (TPSA) is 137 Å². The van der Waals surface area contributed by atoms with Crippen molar-refractivity contribution >= 4 is 5.91 Å². The van der Waals surface area contributed by atoms with Gasteiger partial charge in [0, 0.05) is 11.0 Å². The number of amides is 1. The second-order valence-electron chi connectivity index (χ2n) is 6.73. The van der Waals surface area contributed by atoms with Crippen LogP contribution in [0.4, 0.5) is 0 Å². The van der Waals surface area contributed by atoms with Gasteiger partial charge in [-0.05, 0) is 38.3 Å². The Morgan fingerprint density at radius 2 is 1.86 bits per heavy atom. The molecule has 0 spiro atoms. The zero-order chi connectivity index (χ0) is 20.9. The second-order valence-corrected chi connectivity index (χ2v) is 6.73. The molecule has 9 heteroatoms. The molecule has 0 heterocycles. The highest BCUT2D eigenvalue weighted by Gasteiger charge is 2.20. The van der Waals surface area contributed by atoms with Crippen molar-refractivity contribution in [2.45, 2.75) is 57.6 Å². The Morgan fingerprint density at radius 1 is 1.21 bits per heavy atom. The van der Waals surface area contributed by atoms with E-state index in [0.29, 0.717) is 6.42 Å². The lowest BCUT2D eigenvalue weighted by molar-refractivity contribution is -0.133. The lowest BCUT2D eigenvalue weighted by Gasteiger charge is -2.22. The van der Waals surface area contributed by atoms with Gasteiger partial charge in [-0.3, -0.25) is 4.79 Å². The minimum Gasteiger partial charge on any atom is -0.394 e. The first-order valence-electron chi connectivity index (χ1n) is 9.28. The molecule has 0 aromatic heterocycles. The number of hydrogen-bond acceptors (Lipinski definition) is 6. The van der Waals surface area contributed by atoms with E-state index in [4.69, 9.17) is 20.1 Å². The largest absolute Gasteiger partial charge is 0.394 e. The first kappa shape index (κ1) is 23.9. The van der Waals surface area contributed by atoms with Crippen LogP contribution in [0.15, 0.2) is 35.4 Å². The fourth-order valence-electron chi connectivity index (χ4n) is 2.48. The van der Waals surface area contributed by atoms with Crippen molar-refractivity contribution in [3.8, 4) is 0 Å². The molecule has 0 bridgehead atoms. The maximum Gasteiger partial charge on any atom is 0.249 e. The number of azide groups is 1. The number of carbonyl (C=O) groups excluding carboxylic acids is 1. The summed E-state index contributed by atoms with van der Waals surface area (Å²) in [6, 6.07) is 9.10. The predicted molar refractivity (Wildman–Crippen MR) is 105 cm³/mol. The highest BCUT2D eigenvalue weighted by atomic mass is 16.5. The molecule has 0 saturated heterocycles. The Balaban J connectivity index is 2.44. The Labute approximate surface area is 165 Å². The first-order valence-corrected chi connectivity index (χ1v) is 9.28. The van der Waals surface area contributed by atoms with E-state index >= 15 is 0 Å². The molecular weight excluding hydrogens is 364 g/mol. The number of ether oxygens (including phenoxy) is 2. The maximum atomic E-state index is 12.3. The number of carbonyl (C=O) groups is 1. The van der Waals surface area contributed by atoms with Crippen molar-refractivity contribution in [1.29, 1.82) is 0 Å². The van der Waals surface area contributed by atoms with Gasteiger partial charge in [0.1, 0.15) is 12.2 Å². The molecule has 1 amide bonds. The van der Waals surface area contributed by atoms with Gasteiger partial charge in [0.05, 0.1) is 32.0 Å². The Kier molecular flexibility index (Phi) is 11.2. The molecule has 1 aromatic carbocycles. The highest BCUT2D eigenvalue weighted by Crippen LogP contribution is 2.06. The molecule has 9 nitrogen and oxygen atoms in total. The molecule has 1 rings (SSSR count). The molecular formula is C19H30N4O5. The highest BCUT2D eigenvalue weighted by molar-refractivity contribution is 5.80. The standard InChI is InChI=1S/C19H30N4O5/c1-13(9-16-7-5-4-6-8-16)21-19(26)15(3)27-11-17(22-23-20)12-28-18(10-24)14(2)25/h4-8,13-15,17-18,24-25H,9-12H2,1-3H3,(H,21,26)/t13-,14-,15+,17+,18?/m0/s1. The molecule has 1 aromatic rings. The number of rotatable bonds is 13. The number of aliphatic hydroxyl groups is 2. The van der Waals surface area contributed by atoms with Crippen LogP contribution in [0.2, 0.25) is 0 Å². The molecule has 156 valence electrons. The molecule has 28 heavy (non-hydrogen) atoms. The lowest BCUT2D eigenvalue weighted by Crippen LogP contribution is -2.42. The minimum atomic E-state index is -0.867. The van der Waals surface area contributed by atoms with E-state index in [-0.39, 0.29) is 31.8 Å². The van der Waals surface area contributed by atoms with Crippen molar-refractivity contribution in [3.63, 3.8) is 0 Å². The van der Waals surface area contributed by atoms with E-state index in [1.54, 1.807) is 6.92 Å². The number of benzene rings is 1. The molecule has 0 aliphatic carbocycles. The van der Waals surface area contributed by atoms with Gasteiger partial charge in [-0.1, -0.05) is 35.4 Å². The fourth-order valence-corrected chi connectivity index (χ4v) is 2.48. The zero-order valence-electron chi connectivity index (χ0n) is 16.6. The summed E-state index contributed by atoms with van der Waals surface area (Å²) in [6.45, 7) is 4.59. The van der Waals surface area contributed by atoms with Crippen LogP contribution in [0.25, 0.3) is 10.4 Å². The molecule has 1 unspecified atom stereocenters. The summed E-state index contributed by atoms with van der Waals surface area (Å²) in [4.78, 5) is 15.0. The summed E-state index contributed by atoms with van der Waals surface area (Å²) < 4.78 is 10.9. The van der Waals surface area contributed by atoms with Gasteiger partial charge in [-0.2, -0.15) is 0 Å². The molecule has 3 N–H and O–H groups in total. The lowest BCUT2D eigenvalue weighted by atomic mass is 10.1. The van der Waals surface area contributed by atoms with Crippen LogP contribution in [0.3, 0.4) is 0 Å². The summed E-state index contributed by atoms with van der Waals surface area (Å²) in [5.74, 6) is -0.263. The molecule has 0 aliphatic rings. The quantitative estimate of drug-likeness (QED) is 0.265. The monoisotopic (exact) mass is 394 g/mol. The second kappa shape index (κ2) is 13.1. The third-order valence-electron chi connectivity index (χ3n) is 4.12. The molecule has 0 radical (unpaired) electrons. The van der Waals surface area contributed by atoms with Gasteiger partial charge in [0.15, 0.2) is 0 Å². The normalized spacial score (nSPS) is 16.3. The van der Waals surface area contributed by atoms with Gasteiger partial charge in [-0.15, -0.1) is 0 Å². The SMILES string of the molecule is C[C@H](O)C(CO)OC[C@@H](CO[C@H](C)C(=O)N[C@@H](C)Cc1ccccc1)N=[N+]=[N-]. The fraction of sp³-hybridized carbons (Fsp3) is 0.632. The molecule has 0 fully saturated rings. The van der Waals surface area contributed by atoms with E-state index < -0.39 is 24.4 Å². The van der Waals surface area contributed by atoms with Crippen molar-refractivity contribution in [3.05, 3.63) is 46.3 Å². The molecule has 5 atom stereocenters. The average molecular weight is 394 g/mol. The van der Waals surface area contributed by atoms with E-state index in [1.807, 2.05) is 37.3 Å². The summed E-state index contributed by atoms with van der Waals surface area (Å²) >= 11 is 0. The number of hydrogen-bond donors (Lipinski definition) is 3. The van der Waals surface area contributed by atoms with E-state index in [0.717, 1.165) is 5.56 Å². The maximum absolute atomic E-state index is 12.3. The van der Waals surface area contributed by atoms with Crippen LogP contribution in [-0.2, 0) is 20.7 Å². The first-order chi connectivity index (χ1) is 13.4. The summed E-state index contributed by atoms with van der Waals surface area (Å²) in [6.07, 6.45) is -1.68. The van der Waals surface area contributed by atoms with Gasteiger partial charge in [0.25, 0.3) is 0 Å². The van der Waals surface area contributed by atoms with Gasteiger partial charge >= 0.3 is 0 Å². The molecule has 0 aliphatic heterocycles. The summed E-state index contributed by atoms with van der Waals surface area (Å²) in [7, 11) is 0. The van der Waals surface area contributed by atoms with E-state index in [1.165, 1.54) is 6.92 Å². The third-order valence-corrected chi connectivity index (χ3v) is 4.12. The van der Waals surface area contributed by atoms with Crippen molar-refractivity contribution in [1.82, 2.24) is 5.32 Å². The number of nitrogens with zero attached hydrogens (tertiary/aromatic N) is 3. The van der Waals surface area contributed by atoms with Crippen molar-refractivity contribution < 1.29 is 24.5 Å². The Hall–Kier alpha value is -2.16. The zero-order valence-corrected chi connectivity index (χ0v) is 16.6. The number of aliphatic hydroxyl groups excluding tert-OH is 2. The van der Waals surface area contributed by atoms with Gasteiger partial charge < -0.3 is 25.0 Å². The van der Waals surface area contributed by atoms with Crippen molar-refractivity contribution in [2.75, 3.05) is 19.8 Å². The van der Waals surface area contributed by atoms with Crippen LogP contribution in [0.5, 0.6) is 0 Å². The Morgan fingerprint density at radius 3 is 2.43 bits per heavy atom. The van der Waals surface area contributed by atoms with E-state index in [9.17, 15) is 9.90 Å². The number of nitrogens with one attached hydrogen (secondary N) is 1. The van der Waals surface area contributed by atoms with Crippen molar-refractivity contribution in [2.24, 2.45) is 5.11 Å².